The summed E-state index contributed by atoms with van der Waals surface area (Å²) >= 11 is 0. The van der Waals surface area contributed by atoms with Crippen LogP contribution >= 0.6 is 0 Å². The lowest BCUT2D eigenvalue weighted by atomic mass is 10.0. The van der Waals surface area contributed by atoms with Crippen LogP contribution in [0.4, 0.5) is 0 Å². The van der Waals surface area contributed by atoms with Crippen LogP contribution < -0.4 is 20.5 Å². The summed E-state index contributed by atoms with van der Waals surface area (Å²) in [6.07, 6.45) is 2.29. The van der Waals surface area contributed by atoms with E-state index in [9.17, 15) is 4.79 Å². The Morgan fingerprint density at radius 1 is 1.32 bits per heavy atom. The van der Waals surface area contributed by atoms with Crippen LogP contribution in [0.2, 0.25) is 0 Å². The maximum atomic E-state index is 11.5. The molecule has 2 aliphatic rings. The minimum atomic E-state index is -0.119. The number of ether oxygens (including phenoxy) is 2. The number of rotatable bonds is 4. The lowest BCUT2D eigenvalue weighted by Crippen LogP contribution is -2.34. The molecule has 0 spiro atoms. The molecule has 1 fully saturated rings. The molecular formula is C14H18N2O3. The standard InChI is InChI=1S/C14H18N2O3/c15-8-13(17)16-14(9-1-2-9)10-3-4-11-12(7-10)19-6-5-18-11/h3-4,7,9,14H,1-2,5-6,8,15H2,(H,16,17). The van der Waals surface area contributed by atoms with Crippen LogP contribution in [-0.4, -0.2) is 25.7 Å². The van der Waals surface area contributed by atoms with Crippen molar-refractivity contribution in [1.29, 1.82) is 0 Å². The minimum absolute atomic E-state index is 0.0216. The van der Waals surface area contributed by atoms with Gasteiger partial charge in [-0.1, -0.05) is 6.07 Å². The molecule has 1 aliphatic heterocycles. The summed E-state index contributed by atoms with van der Waals surface area (Å²) in [7, 11) is 0. The van der Waals surface area contributed by atoms with Gasteiger partial charge in [0, 0.05) is 0 Å². The summed E-state index contributed by atoms with van der Waals surface area (Å²) in [5, 5.41) is 2.99. The molecule has 1 aromatic carbocycles. The van der Waals surface area contributed by atoms with E-state index < -0.39 is 0 Å². The van der Waals surface area contributed by atoms with Crippen LogP contribution in [-0.2, 0) is 4.79 Å². The Labute approximate surface area is 112 Å². The van der Waals surface area contributed by atoms with Crippen molar-refractivity contribution in [3.63, 3.8) is 0 Å². The van der Waals surface area contributed by atoms with Gasteiger partial charge in [0.15, 0.2) is 11.5 Å². The number of benzene rings is 1. The molecule has 0 saturated heterocycles. The van der Waals surface area contributed by atoms with Crippen molar-refractivity contribution < 1.29 is 14.3 Å². The average Bonchev–Trinajstić information content (AvgIpc) is 3.28. The normalized spacial score (nSPS) is 18.8. The Morgan fingerprint density at radius 2 is 2.05 bits per heavy atom. The zero-order valence-electron chi connectivity index (χ0n) is 10.7. The van der Waals surface area contributed by atoms with Crippen molar-refractivity contribution in [2.45, 2.75) is 18.9 Å². The molecule has 1 amide bonds. The zero-order valence-corrected chi connectivity index (χ0v) is 10.7. The van der Waals surface area contributed by atoms with E-state index in [1.54, 1.807) is 0 Å². The van der Waals surface area contributed by atoms with Crippen molar-refractivity contribution in [2.24, 2.45) is 11.7 Å². The second-order valence-electron chi connectivity index (χ2n) is 4.99. The fourth-order valence-electron chi connectivity index (χ4n) is 2.39. The number of hydrogen-bond acceptors (Lipinski definition) is 4. The van der Waals surface area contributed by atoms with E-state index in [0.29, 0.717) is 19.1 Å². The van der Waals surface area contributed by atoms with Gasteiger partial charge in [0.05, 0.1) is 12.6 Å². The zero-order chi connectivity index (χ0) is 13.2. The largest absolute Gasteiger partial charge is 0.486 e. The number of carbonyl (C=O) groups is 1. The monoisotopic (exact) mass is 262 g/mol. The van der Waals surface area contributed by atoms with E-state index in [1.807, 2.05) is 18.2 Å². The first-order valence-electron chi connectivity index (χ1n) is 6.67. The Balaban J connectivity index is 1.83. The molecule has 0 bridgehead atoms. The van der Waals surface area contributed by atoms with E-state index >= 15 is 0 Å². The lowest BCUT2D eigenvalue weighted by molar-refractivity contribution is -0.120. The highest BCUT2D eigenvalue weighted by molar-refractivity contribution is 5.78. The SMILES string of the molecule is NCC(=O)NC(c1ccc2c(c1)OCCO2)C1CC1. The van der Waals surface area contributed by atoms with Crippen LogP contribution in [0.3, 0.4) is 0 Å². The molecule has 1 saturated carbocycles. The first kappa shape index (κ1) is 12.3. The number of nitrogens with one attached hydrogen (secondary N) is 1. The van der Waals surface area contributed by atoms with Crippen molar-refractivity contribution in [3.05, 3.63) is 23.8 Å². The lowest BCUT2D eigenvalue weighted by Gasteiger charge is -2.22. The molecule has 5 nitrogen and oxygen atoms in total. The Morgan fingerprint density at radius 3 is 2.74 bits per heavy atom. The Hall–Kier alpha value is -1.75. The molecule has 3 rings (SSSR count). The summed E-state index contributed by atoms with van der Waals surface area (Å²) in [4.78, 5) is 11.5. The molecule has 1 heterocycles. The molecule has 1 atom stereocenters. The second-order valence-corrected chi connectivity index (χ2v) is 4.99. The van der Waals surface area contributed by atoms with Gasteiger partial charge in [0.1, 0.15) is 13.2 Å². The Bertz CT molecular complexity index is 486. The van der Waals surface area contributed by atoms with Gasteiger partial charge < -0.3 is 20.5 Å². The minimum Gasteiger partial charge on any atom is -0.486 e. The summed E-state index contributed by atoms with van der Waals surface area (Å²) < 4.78 is 11.1. The predicted molar refractivity (Wildman–Crippen MR) is 70.1 cm³/mol. The molecule has 0 radical (unpaired) electrons. The summed E-state index contributed by atoms with van der Waals surface area (Å²) in [5.41, 5.74) is 6.44. The van der Waals surface area contributed by atoms with Crippen LogP contribution in [0.25, 0.3) is 0 Å². The molecule has 1 aliphatic carbocycles. The number of carbonyl (C=O) groups excluding carboxylic acids is 1. The van der Waals surface area contributed by atoms with Crippen molar-refractivity contribution in [2.75, 3.05) is 19.8 Å². The number of nitrogens with two attached hydrogens (primary N) is 1. The highest BCUT2D eigenvalue weighted by Crippen LogP contribution is 2.43. The van der Waals surface area contributed by atoms with E-state index in [2.05, 4.69) is 5.32 Å². The highest BCUT2D eigenvalue weighted by Gasteiger charge is 2.33. The molecule has 0 aromatic heterocycles. The first-order chi connectivity index (χ1) is 9.28. The van der Waals surface area contributed by atoms with Gasteiger partial charge >= 0.3 is 0 Å². The fourth-order valence-corrected chi connectivity index (χ4v) is 2.39. The molecule has 102 valence electrons. The Kier molecular flexibility index (Phi) is 3.29. The molecule has 1 unspecified atom stereocenters. The van der Waals surface area contributed by atoms with E-state index in [4.69, 9.17) is 15.2 Å². The van der Waals surface area contributed by atoms with Gasteiger partial charge in [-0.25, -0.2) is 0 Å². The number of fused-ring (bicyclic) bond motifs is 1. The van der Waals surface area contributed by atoms with Gasteiger partial charge in [-0.15, -0.1) is 0 Å². The third-order valence-electron chi connectivity index (χ3n) is 3.52. The maximum Gasteiger partial charge on any atom is 0.234 e. The first-order valence-corrected chi connectivity index (χ1v) is 6.67. The van der Waals surface area contributed by atoms with E-state index in [-0.39, 0.29) is 18.5 Å². The van der Waals surface area contributed by atoms with Gasteiger partial charge in [-0.3, -0.25) is 4.79 Å². The third-order valence-corrected chi connectivity index (χ3v) is 3.52. The summed E-state index contributed by atoms with van der Waals surface area (Å²) in [5.74, 6) is 1.93. The maximum absolute atomic E-state index is 11.5. The van der Waals surface area contributed by atoms with Gasteiger partial charge in [0.25, 0.3) is 0 Å². The predicted octanol–water partition coefficient (Wildman–Crippen LogP) is 0.984. The van der Waals surface area contributed by atoms with E-state index in [1.165, 1.54) is 0 Å². The topological polar surface area (TPSA) is 73.6 Å². The van der Waals surface area contributed by atoms with Gasteiger partial charge in [0.2, 0.25) is 5.91 Å². The second kappa shape index (κ2) is 5.09. The van der Waals surface area contributed by atoms with Crippen LogP contribution in [0.15, 0.2) is 18.2 Å². The van der Waals surface area contributed by atoms with Gasteiger partial charge in [-0.05, 0) is 36.5 Å². The fraction of sp³-hybridized carbons (Fsp3) is 0.500. The molecule has 19 heavy (non-hydrogen) atoms. The van der Waals surface area contributed by atoms with Crippen LogP contribution in [0.1, 0.15) is 24.4 Å². The highest BCUT2D eigenvalue weighted by atomic mass is 16.6. The van der Waals surface area contributed by atoms with Gasteiger partial charge in [-0.2, -0.15) is 0 Å². The van der Waals surface area contributed by atoms with Crippen LogP contribution in [0, 0.1) is 5.92 Å². The van der Waals surface area contributed by atoms with Crippen LogP contribution in [0.5, 0.6) is 11.5 Å². The number of amides is 1. The molecular weight excluding hydrogens is 244 g/mol. The smallest absolute Gasteiger partial charge is 0.234 e. The van der Waals surface area contributed by atoms with Crippen molar-refractivity contribution in [1.82, 2.24) is 5.32 Å². The summed E-state index contributed by atoms with van der Waals surface area (Å²) in [6.45, 7) is 1.18. The third kappa shape index (κ3) is 2.66. The van der Waals surface area contributed by atoms with Crippen molar-refractivity contribution >= 4 is 5.91 Å². The summed E-state index contributed by atoms with van der Waals surface area (Å²) in [6, 6.07) is 5.90. The molecule has 3 N–H and O–H groups in total. The quantitative estimate of drug-likeness (QED) is 0.848. The molecule has 5 heteroatoms. The average molecular weight is 262 g/mol. The van der Waals surface area contributed by atoms with E-state index in [0.717, 1.165) is 29.9 Å². The number of hydrogen-bond donors (Lipinski definition) is 2. The van der Waals surface area contributed by atoms with Crippen molar-refractivity contribution in [3.8, 4) is 11.5 Å². The molecule has 1 aromatic rings.